The smallest absolute Gasteiger partial charge is 0.192 e. The SMILES string of the molecule is CC[Si](CC)(CC)OC1(CO)CCCCCC1. The van der Waals surface area contributed by atoms with Gasteiger partial charge < -0.3 is 9.53 Å². The number of aliphatic hydroxyl groups excluding tert-OH is 1. The van der Waals surface area contributed by atoms with Gasteiger partial charge in [0.25, 0.3) is 0 Å². The highest BCUT2D eigenvalue weighted by Gasteiger charge is 2.40. The summed E-state index contributed by atoms with van der Waals surface area (Å²) in [4.78, 5) is 0. The van der Waals surface area contributed by atoms with Gasteiger partial charge in [-0.2, -0.15) is 0 Å². The third-order valence-electron chi connectivity index (χ3n) is 4.67. The van der Waals surface area contributed by atoms with Gasteiger partial charge in [-0.15, -0.1) is 0 Å². The molecule has 0 amide bonds. The van der Waals surface area contributed by atoms with E-state index >= 15 is 0 Å². The minimum Gasteiger partial charge on any atom is -0.409 e. The Morgan fingerprint density at radius 3 is 1.76 bits per heavy atom. The largest absolute Gasteiger partial charge is 0.409 e. The Hall–Kier alpha value is 0.137. The average Bonchev–Trinajstić information content (AvgIpc) is 2.62. The molecule has 1 fully saturated rings. The van der Waals surface area contributed by atoms with Gasteiger partial charge in [0, 0.05) is 0 Å². The maximum absolute atomic E-state index is 9.81. The molecule has 0 aromatic carbocycles. The summed E-state index contributed by atoms with van der Waals surface area (Å²) in [5.74, 6) is 0. The van der Waals surface area contributed by atoms with E-state index in [0.29, 0.717) is 0 Å². The van der Waals surface area contributed by atoms with E-state index in [2.05, 4.69) is 20.8 Å². The van der Waals surface area contributed by atoms with Gasteiger partial charge in [0.15, 0.2) is 8.32 Å². The van der Waals surface area contributed by atoms with Crippen LogP contribution in [-0.2, 0) is 4.43 Å². The van der Waals surface area contributed by atoms with Crippen molar-refractivity contribution in [3.63, 3.8) is 0 Å². The molecule has 0 aromatic rings. The van der Waals surface area contributed by atoms with E-state index in [1.165, 1.54) is 43.8 Å². The zero-order valence-electron chi connectivity index (χ0n) is 11.9. The summed E-state index contributed by atoms with van der Waals surface area (Å²) < 4.78 is 6.63. The lowest BCUT2D eigenvalue weighted by molar-refractivity contribution is -0.0129. The second kappa shape index (κ2) is 6.91. The molecule has 0 atom stereocenters. The Morgan fingerprint density at radius 1 is 0.941 bits per heavy atom. The van der Waals surface area contributed by atoms with E-state index in [-0.39, 0.29) is 12.2 Å². The minimum absolute atomic E-state index is 0.190. The van der Waals surface area contributed by atoms with Crippen LogP contribution in [0.25, 0.3) is 0 Å². The van der Waals surface area contributed by atoms with Gasteiger partial charge in [0.2, 0.25) is 0 Å². The molecule has 0 heterocycles. The summed E-state index contributed by atoms with van der Waals surface area (Å²) in [6.07, 6.45) is 7.20. The Bertz CT molecular complexity index is 198. The van der Waals surface area contributed by atoms with Crippen LogP contribution in [0.2, 0.25) is 18.1 Å². The van der Waals surface area contributed by atoms with Crippen LogP contribution in [0.4, 0.5) is 0 Å². The number of hydrogen-bond acceptors (Lipinski definition) is 2. The van der Waals surface area contributed by atoms with Crippen molar-refractivity contribution in [3.05, 3.63) is 0 Å². The van der Waals surface area contributed by atoms with Crippen LogP contribution in [0.5, 0.6) is 0 Å². The second-order valence-corrected chi connectivity index (χ2v) is 10.3. The Balaban J connectivity index is 2.77. The molecular formula is C14H30O2Si. The van der Waals surface area contributed by atoms with Gasteiger partial charge in [-0.05, 0) is 31.0 Å². The first kappa shape index (κ1) is 15.2. The third-order valence-corrected chi connectivity index (χ3v) is 9.40. The lowest BCUT2D eigenvalue weighted by atomic mass is 9.96. The van der Waals surface area contributed by atoms with Crippen molar-refractivity contribution < 1.29 is 9.53 Å². The van der Waals surface area contributed by atoms with Crippen molar-refractivity contribution in [1.29, 1.82) is 0 Å². The molecule has 0 bridgehead atoms. The quantitative estimate of drug-likeness (QED) is 0.574. The predicted octanol–water partition coefficient (Wildman–Crippen LogP) is 4.09. The van der Waals surface area contributed by atoms with Crippen LogP contribution in [0.1, 0.15) is 59.3 Å². The first-order chi connectivity index (χ1) is 8.16. The topological polar surface area (TPSA) is 29.5 Å². The van der Waals surface area contributed by atoms with Crippen LogP contribution in [0.15, 0.2) is 0 Å². The van der Waals surface area contributed by atoms with Gasteiger partial charge >= 0.3 is 0 Å². The Kier molecular flexibility index (Phi) is 6.17. The molecule has 2 nitrogen and oxygen atoms in total. The van der Waals surface area contributed by atoms with Crippen molar-refractivity contribution in [2.24, 2.45) is 0 Å². The Morgan fingerprint density at radius 2 is 1.41 bits per heavy atom. The van der Waals surface area contributed by atoms with Crippen LogP contribution >= 0.6 is 0 Å². The van der Waals surface area contributed by atoms with E-state index in [1.54, 1.807) is 0 Å². The highest BCUT2D eigenvalue weighted by Crippen LogP contribution is 2.36. The fourth-order valence-electron chi connectivity index (χ4n) is 3.09. The molecule has 0 spiro atoms. The molecule has 0 aliphatic heterocycles. The van der Waals surface area contributed by atoms with Crippen LogP contribution < -0.4 is 0 Å². The number of rotatable bonds is 6. The zero-order chi connectivity index (χ0) is 12.8. The molecule has 0 aromatic heterocycles. The molecule has 1 aliphatic rings. The summed E-state index contributed by atoms with van der Waals surface area (Å²) in [5, 5.41) is 9.81. The van der Waals surface area contributed by atoms with Crippen LogP contribution in [0, 0.1) is 0 Å². The first-order valence-electron chi connectivity index (χ1n) is 7.47. The van der Waals surface area contributed by atoms with E-state index in [4.69, 9.17) is 4.43 Å². The monoisotopic (exact) mass is 258 g/mol. The molecule has 1 rings (SSSR count). The molecule has 17 heavy (non-hydrogen) atoms. The molecule has 102 valence electrons. The van der Waals surface area contributed by atoms with Gasteiger partial charge in [0.1, 0.15) is 0 Å². The van der Waals surface area contributed by atoms with Gasteiger partial charge in [0.05, 0.1) is 12.2 Å². The van der Waals surface area contributed by atoms with Gasteiger partial charge in [-0.3, -0.25) is 0 Å². The molecule has 0 radical (unpaired) electrons. The standard InChI is InChI=1S/C14H30O2Si/c1-4-17(5-2,6-3)16-14(13-15)11-9-7-8-10-12-14/h15H,4-13H2,1-3H3. The number of hydrogen-bond donors (Lipinski definition) is 1. The van der Waals surface area contributed by atoms with E-state index in [0.717, 1.165) is 12.8 Å². The lowest BCUT2D eigenvalue weighted by Gasteiger charge is -2.41. The molecule has 0 saturated heterocycles. The molecule has 3 heteroatoms. The van der Waals surface area contributed by atoms with Crippen molar-refractivity contribution in [3.8, 4) is 0 Å². The van der Waals surface area contributed by atoms with E-state index < -0.39 is 8.32 Å². The van der Waals surface area contributed by atoms with Crippen LogP contribution in [-0.4, -0.2) is 25.6 Å². The van der Waals surface area contributed by atoms with E-state index in [1.807, 2.05) is 0 Å². The van der Waals surface area contributed by atoms with Gasteiger partial charge in [-0.1, -0.05) is 46.5 Å². The highest BCUT2D eigenvalue weighted by atomic mass is 28.4. The normalized spacial score (nSPS) is 21.2. The van der Waals surface area contributed by atoms with Crippen molar-refractivity contribution in [2.75, 3.05) is 6.61 Å². The molecular weight excluding hydrogens is 228 g/mol. The summed E-state index contributed by atoms with van der Waals surface area (Å²) in [6, 6.07) is 3.55. The van der Waals surface area contributed by atoms with Gasteiger partial charge in [-0.25, -0.2) is 0 Å². The fourth-order valence-corrected chi connectivity index (χ4v) is 6.21. The van der Waals surface area contributed by atoms with Crippen LogP contribution in [0.3, 0.4) is 0 Å². The third kappa shape index (κ3) is 3.80. The van der Waals surface area contributed by atoms with Crippen molar-refractivity contribution >= 4 is 8.32 Å². The Labute approximate surface area is 108 Å². The maximum atomic E-state index is 9.81. The molecule has 0 unspecified atom stereocenters. The summed E-state index contributed by atoms with van der Waals surface area (Å²) >= 11 is 0. The summed E-state index contributed by atoms with van der Waals surface area (Å²) in [7, 11) is -1.58. The maximum Gasteiger partial charge on any atom is 0.192 e. The van der Waals surface area contributed by atoms with Crippen molar-refractivity contribution in [1.82, 2.24) is 0 Å². The van der Waals surface area contributed by atoms with Crippen molar-refractivity contribution in [2.45, 2.75) is 83.0 Å². The first-order valence-corrected chi connectivity index (χ1v) is 10.00. The minimum atomic E-state index is -1.58. The predicted molar refractivity (Wildman–Crippen MR) is 75.8 cm³/mol. The second-order valence-electron chi connectivity index (χ2n) is 5.60. The van der Waals surface area contributed by atoms with E-state index in [9.17, 15) is 5.11 Å². The summed E-state index contributed by atoms with van der Waals surface area (Å²) in [5.41, 5.74) is -0.190. The molecule has 1 aliphatic carbocycles. The summed E-state index contributed by atoms with van der Waals surface area (Å²) in [6.45, 7) is 7.02. The molecule has 1 N–H and O–H groups in total. The lowest BCUT2D eigenvalue weighted by Crippen LogP contribution is -2.49. The fraction of sp³-hybridized carbons (Fsp3) is 1.00. The average molecular weight is 258 g/mol. The number of aliphatic hydroxyl groups is 1. The highest BCUT2D eigenvalue weighted by molar-refractivity contribution is 6.73. The zero-order valence-corrected chi connectivity index (χ0v) is 12.9. The molecule has 1 saturated carbocycles.